The molecule has 4 heterocycles. The van der Waals surface area contributed by atoms with Crippen molar-refractivity contribution in [2.24, 2.45) is 0 Å². The van der Waals surface area contributed by atoms with Gasteiger partial charge in [0.05, 0.1) is 18.7 Å². The van der Waals surface area contributed by atoms with Crippen LogP contribution in [0.5, 0.6) is 0 Å². The van der Waals surface area contributed by atoms with Crippen molar-refractivity contribution < 1.29 is 9.47 Å². The van der Waals surface area contributed by atoms with E-state index in [2.05, 4.69) is 26.5 Å². The highest BCUT2D eigenvalue weighted by Crippen LogP contribution is 2.40. The fourth-order valence-electron chi connectivity index (χ4n) is 4.26. The third kappa shape index (κ3) is 3.22. The minimum absolute atomic E-state index is 0.400. The monoisotopic (exact) mass is 392 g/mol. The van der Waals surface area contributed by atoms with Crippen LogP contribution in [0.25, 0.3) is 10.9 Å². The number of H-pyrrole nitrogens is 1. The molecular formula is C21H24N6O2. The Balaban J connectivity index is 1.30. The maximum absolute atomic E-state index is 5.85. The molecule has 29 heavy (non-hydrogen) atoms. The van der Waals surface area contributed by atoms with Crippen molar-refractivity contribution in [3.8, 4) is 0 Å². The van der Waals surface area contributed by atoms with Gasteiger partial charge in [-0.25, -0.2) is 4.98 Å². The summed E-state index contributed by atoms with van der Waals surface area (Å²) in [6.07, 6.45) is 4.14. The molecule has 1 aliphatic carbocycles. The molecule has 150 valence electrons. The number of piperidine rings is 1. The van der Waals surface area contributed by atoms with Gasteiger partial charge in [-0.2, -0.15) is 10.1 Å². The van der Waals surface area contributed by atoms with Crippen LogP contribution in [-0.2, 0) is 9.47 Å². The third-order valence-corrected chi connectivity index (χ3v) is 6.07. The molecule has 0 bridgehead atoms. The number of rotatable bonds is 4. The third-order valence-electron chi connectivity index (χ3n) is 6.07. The van der Waals surface area contributed by atoms with E-state index in [-0.39, 0.29) is 0 Å². The Morgan fingerprint density at radius 3 is 2.66 bits per heavy atom. The Hall–Kier alpha value is -2.71. The van der Waals surface area contributed by atoms with E-state index in [4.69, 9.17) is 19.4 Å². The van der Waals surface area contributed by atoms with Gasteiger partial charge in [0.2, 0.25) is 5.95 Å². The van der Waals surface area contributed by atoms with Crippen LogP contribution in [0.1, 0.15) is 37.3 Å². The second-order valence-electron chi connectivity index (χ2n) is 8.09. The lowest BCUT2D eigenvalue weighted by atomic mass is 10.0. The van der Waals surface area contributed by atoms with Gasteiger partial charge in [0, 0.05) is 49.0 Å². The topological polar surface area (TPSA) is 88.2 Å². The van der Waals surface area contributed by atoms with Gasteiger partial charge in [0.15, 0.2) is 11.6 Å². The summed E-state index contributed by atoms with van der Waals surface area (Å²) >= 11 is 0. The minimum Gasteiger partial charge on any atom is -0.347 e. The predicted molar refractivity (Wildman–Crippen MR) is 109 cm³/mol. The molecule has 3 fully saturated rings. The van der Waals surface area contributed by atoms with E-state index in [9.17, 15) is 0 Å². The summed E-state index contributed by atoms with van der Waals surface area (Å²) in [4.78, 5) is 11.9. The molecule has 8 nitrogen and oxygen atoms in total. The minimum atomic E-state index is -0.400. The van der Waals surface area contributed by atoms with Gasteiger partial charge >= 0.3 is 0 Å². The zero-order chi connectivity index (χ0) is 19.3. The zero-order valence-corrected chi connectivity index (χ0v) is 16.2. The molecule has 3 aromatic rings. The van der Waals surface area contributed by atoms with Crippen LogP contribution in [0, 0.1) is 0 Å². The van der Waals surface area contributed by atoms with Crippen molar-refractivity contribution in [2.75, 3.05) is 36.5 Å². The van der Waals surface area contributed by atoms with Gasteiger partial charge < -0.3 is 19.7 Å². The number of para-hydroxylation sites is 1. The summed E-state index contributed by atoms with van der Waals surface area (Å²) in [5.74, 6) is 2.55. The van der Waals surface area contributed by atoms with Crippen molar-refractivity contribution in [2.45, 2.75) is 37.4 Å². The van der Waals surface area contributed by atoms with Crippen molar-refractivity contribution in [1.29, 1.82) is 0 Å². The lowest BCUT2D eigenvalue weighted by molar-refractivity contribution is -0.169. The van der Waals surface area contributed by atoms with Crippen LogP contribution in [0.4, 0.5) is 17.6 Å². The van der Waals surface area contributed by atoms with Gasteiger partial charge in [-0.3, -0.25) is 5.10 Å². The highest BCUT2D eigenvalue weighted by atomic mass is 16.7. The number of aromatic nitrogens is 4. The van der Waals surface area contributed by atoms with Crippen LogP contribution < -0.4 is 10.2 Å². The van der Waals surface area contributed by atoms with E-state index in [1.165, 1.54) is 18.5 Å². The first kappa shape index (κ1) is 17.2. The number of nitrogens with zero attached hydrogens (tertiary/aromatic N) is 4. The first-order valence-corrected chi connectivity index (χ1v) is 10.4. The van der Waals surface area contributed by atoms with Crippen LogP contribution in [-0.4, -0.2) is 52.3 Å². The van der Waals surface area contributed by atoms with E-state index in [1.54, 1.807) is 0 Å². The fraction of sp³-hybridized carbons (Fsp3) is 0.476. The van der Waals surface area contributed by atoms with Crippen LogP contribution in [0.15, 0.2) is 30.3 Å². The molecular weight excluding hydrogens is 368 g/mol. The van der Waals surface area contributed by atoms with Crippen LogP contribution in [0.3, 0.4) is 0 Å². The maximum Gasteiger partial charge on any atom is 0.227 e. The molecule has 3 aliphatic rings. The van der Waals surface area contributed by atoms with Crippen molar-refractivity contribution in [3.05, 3.63) is 36.0 Å². The number of benzene rings is 1. The molecule has 6 rings (SSSR count). The molecule has 2 saturated heterocycles. The van der Waals surface area contributed by atoms with Gasteiger partial charge in [-0.1, -0.05) is 12.1 Å². The Kier molecular flexibility index (Phi) is 3.95. The summed E-state index contributed by atoms with van der Waals surface area (Å²) in [5.41, 5.74) is 2.12. The molecule has 2 aliphatic heterocycles. The van der Waals surface area contributed by atoms with Gasteiger partial charge in [-0.15, -0.1) is 0 Å². The summed E-state index contributed by atoms with van der Waals surface area (Å²) in [7, 11) is 0. The highest BCUT2D eigenvalue weighted by molar-refractivity contribution is 5.91. The van der Waals surface area contributed by atoms with E-state index in [0.717, 1.165) is 54.4 Å². The standard InChI is InChI=1S/C21H24N6O2/c1-2-4-16-15(3-1)19(23-18-13-17(25-26-18)14-5-6-14)24-20(22-16)27-9-7-21(8-10-27)28-11-12-29-21/h1-4,13-14H,5-12H2,(H2,22,23,24,25,26). The molecule has 2 N–H and O–H groups in total. The Labute approximate surface area is 168 Å². The average Bonchev–Trinajstić information content (AvgIpc) is 3.34. The molecule has 8 heteroatoms. The van der Waals surface area contributed by atoms with Crippen molar-refractivity contribution in [1.82, 2.24) is 20.2 Å². The Morgan fingerprint density at radius 2 is 1.86 bits per heavy atom. The molecule has 1 aromatic carbocycles. The second-order valence-corrected chi connectivity index (χ2v) is 8.09. The van der Waals surface area contributed by atoms with E-state index < -0.39 is 5.79 Å². The average molecular weight is 392 g/mol. The molecule has 2 aromatic heterocycles. The predicted octanol–water partition coefficient (Wildman–Crippen LogP) is 3.32. The fourth-order valence-corrected chi connectivity index (χ4v) is 4.26. The molecule has 0 atom stereocenters. The summed E-state index contributed by atoms with van der Waals surface area (Å²) in [6, 6.07) is 10.2. The number of ether oxygens (including phenoxy) is 2. The molecule has 0 unspecified atom stereocenters. The van der Waals surface area contributed by atoms with Gasteiger partial charge in [-0.05, 0) is 25.0 Å². The van der Waals surface area contributed by atoms with Crippen molar-refractivity contribution >= 4 is 28.5 Å². The number of anilines is 3. The number of hydrogen-bond donors (Lipinski definition) is 2. The number of nitrogens with one attached hydrogen (secondary N) is 2. The lowest BCUT2D eigenvalue weighted by Gasteiger charge is -2.37. The number of hydrogen-bond acceptors (Lipinski definition) is 7. The molecule has 1 saturated carbocycles. The number of fused-ring (bicyclic) bond motifs is 1. The molecule has 0 amide bonds. The first-order chi connectivity index (χ1) is 14.3. The Bertz CT molecular complexity index is 1030. The number of aromatic amines is 1. The van der Waals surface area contributed by atoms with Crippen molar-refractivity contribution in [3.63, 3.8) is 0 Å². The SMILES string of the molecule is c1ccc2c(Nc3cc(C4CC4)[nH]n3)nc(N3CCC4(CC3)OCCO4)nc2c1. The quantitative estimate of drug-likeness (QED) is 0.704. The second kappa shape index (κ2) is 6.67. The first-order valence-electron chi connectivity index (χ1n) is 10.4. The Morgan fingerprint density at radius 1 is 1.07 bits per heavy atom. The van der Waals surface area contributed by atoms with Crippen LogP contribution >= 0.6 is 0 Å². The van der Waals surface area contributed by atoms with E-state index in [0.29, 0.717) is 19.1 Å². The van der Waals surface area contributed by atoms with E-state index >= 15 is 0 Å². The van der Waals surface area contributed by atoms with E-state index in [1.807, 2.05) is 24.3 Å². The largest absolute Gasteiger partial charge is 0.347 e. The van der Waals surface area contributed by atoms with Gasteiger partial charge in [0.1, 0.15) is 5.82 Å². The highest BCUT2D eigenvalue weighted by Gasteiger charge is 2.40. The maximum atomic E-state index is 5.85. The molecule has 0 radical (unpaired) electrons. The smallest absolute Gasteiger partial charge is 0.227 e. The zero-order valence-electron chi connectivity index (χ0n) is 16.2. The van der Waals surface area contributed by atoms with Gasteiger partial charge in [0.25, 0.3) is 0 Å². The summed E-state index contributed by atoms with van der Waals surface area (Å²) in [6.45, 7) is 3.00. The summed E-state index contributed by atoms with van der Waals surface area (Å²) < 4.78 is 11.7. The lowest BCUT2D eigenvalue weighted by Crippen LogP contribution is -2.45. The molecule has 1 spiro atoms. The summed E-state index contributed by atoms with van der Waals surface area (Å²) in [5, 5.41) is 12.0. The normalized spacial score (nSPS) is 21.2. The van der Waals surface area contributed by atoms with Crippen LogP contribution in [0.2, 0.25) is 0 Å².